The maximum absolute atomic E-state index is 13.4. The minimum atomic E-state index is -3.81. The first-order chi connectivity index (χ1) is 8.88. The lowest BCUT2D eigenvalue weighted by Gasteiger charge is -2.09. The van der Waals surface area contributed by atoms with Crippen LogP contribution in [-0.2, 0) is 9.05 Å². The minimum absolute atomic E-state index is 0.0460. The third-order valence-electron chi connectivity index (χ3n) is 2.24. The zero-order chi connectivity index (χ0) is 14.0. The van der Waals surface area contributed by atoms with Crippen LogP contribution in [0.15, 0.2) is 51.8 Å². The highest BCUT2D eigenvalue weighted by Gasteiger charge is 2.13. The van der Waals surface area contributed by atoms with Crippen molar-refractivity contribution >= 4 is 35.7 Å². The summed E-state index contributed by atoms with van der Waals surface area (Å²) in [5.41, 5.74) is 0. The van der Waals surface area contributed by atoms with E-state index >= 15 is 0 Å². The Morgan fingerprint density at radius 3 is 2.37 bits per heavy atom. The largest absolute Gasteiger partial charge is 0.453 e. The van der Waals surface area contributed by atoms with Gasteiger partial charge in [0.2, 0.25) is 0 Å². The van der Waals surface area contributed by atoms with E-state index in [2.05, 4.69) is 15.9 Å². The molecule has 2 rings (SSSR count). The molecule has 7 heteroatoms. The summed E-state index contributed by atoms with van der Waals surface area (Å²) in [6, 6.07) is 9.87. The Morgan fingerprint density at radius 2 is 1.79 bits per heavy atom. The van der Waals surface area contributed by atoms with E-state index in [1.165, 1.54) is 30.3 Å². The van der Waals surface area contributed by atoms with Gasteiger partial charge in [-0.2, -0.15) is 0 Å². The molecule has 0 N–H and O–H groups in total. The van der Waals surface area contributed by atoms with Crippen LogP contribution in [0.5, 0.6) is 11.5 Å². The Morgan fingerprint density at radius 1 is 1.11 bits per heavy atom. The van der Waals surface area contributed by atoms with E-state index in [1.54, 1.807) is 12.1 Å². The number of hydrogen-bond donors (Lipinski definition) is 0. The molecule has 0 radical (unpaired) electrons. The molecule has 0 bridgehead atoms. The molecule has 0 saturated carbocycles. The molecule has 0 spiro atoms. The number of benzene rings is 2. The monoisotopic (exact) mass is 364 g/mol. The van der Waals surface area contributed by atoms with Crippen LogP contribution in [0.2, 0.25) is 0 Å². The van der Waals surface area contributed by atoms with Gasteiger partial charge >= 0.3 is 0 Å². The summed E-state index contributed by atoms with van der Waals surface area (Å²) in [5, 5.41) is 0. The quantitative estimate of drug-likeness (QED) is 0.761. The van der Waals surface area contributed by atoms with Crippen LogP contribution in [0.4, 0.5) is 4.39 Å². The average molecular weight is 366 g/mol. The Kier molecular flexibility index (Phi) is 4.13. The maximum Gasteiger partial charge on any atom is 0.261 e. The Hall–Kier alpha value is -1.11. The Balaban J connectivity index is 2.36. The van der Waals surface area contributed by atoms with Gasteiger partial charge in [-0.25, -0.2) is 12.8 Å². The molecular weight excluding hydrogens is 359 g/mol. The van der Waals surface area contributed by atoms with Gasteiger partial charge in [0.1, 0.15) is 5.75 Å². The summed E-state index contributed by atoms with van der Waals surface area (Å²) in [7, 11) is 1.41. The highest BCUT2D eigenvalue weighted by atomic mass is 79.9. The summed E-state index contributed by atoms with van der Waals surface area (Å²) < 4.78 is 41.4. The molecule has 3 nitrogen and oxygen atoms in total. The number of rotatable bonds is 3. The lowest BCUT2D eigenvalue weighted by atomic mass is 10.3. The van der Waals surface area contributed by atoms with Crippen molar-refractivity contribution in [2.24, 2.45) is 0 Å². The maximum atomic E-state index is 13.4. The van der Waals surface area contributed by atoms with Crippen molar-refractivity contribution in [1.29, 1.82) is 0 Å². The second-order valence-corrected chi connectivity index (χ2v) is 6.98. The molecule has 0 saturated heterocycles. The number of halogens is 3. The first kappa shape index (κ1) is 14.3. The second-order valence-electron chi connectivity index (χ2n) is 3.56. The second kappa shape index (κ2) is 5.48. The summed E-state index contributed by atoms with van der Waals surface area (Å²) in [6.07, 6.45) is 0. The van der Waals surface area contributed by atoms with Gasteiger partial charge in [-0.05, 0) is 46.3 Å². The fourth-order valence-corrected chi connectivity index (χ4v) is 2.75. The third kappa shape index (κ3) is 3.46. The smallest absolute Gasteiger partial charge is 0.261 e. The van der Waals surface area contributed by atoms with Crippen LogP contribution in [0, 0.1) is 5.82 Å². The fraction of sp³-hybridized carbons (Fsp3) is 0. The molecule has 0 unspecified atom stereocenters. The van der Waals surface area contributed by atoms with E-state index < -0.39 is 14.9 Å². The topological polar surface area (TPSA) is 43.4 Å². The lowest BCUT2D eigenvalue weighted by molar-refractivity contribution is 0.439. The number of hydrogen-bond acceptors (Lipinski definition) is 3. The van der Waals surface area contributed by atoms with Crippen LogP contribution in [0.3, 0.4) is 0 Å². The predicted molar refractivity (Wildman–Crippen MR) is 73.7 cm³/mol. The molecule has 0 fully saturated rings. The summed E-state index contributed by atoms with van der Waals surface area (Å²) >= 11 is 3.15. The van der Waals surface area contributed by atoms with Crippen molar-refractivity contribution in [3.63, 3.8) is 0 Å². The molecule has 2 aromatic rings. The molecule has 19 heavy (non-hydrogen) atoms. The molecular formula is C12H7BrClFO3S. The molecule has 0 aromatic heterocycles. The summed E-state index contributed by atoms with van der Waals surface area (Å²) in [6.45, 7) is 0. The van der Waals surface area contributed by atoms with Crippen LogP contribution in [0.25, 0.3) is 0 Å². The zero-order valence-corrected chi connectivity index (χ0v) is 12.5. The molecule has 0 aliphatic heterocycles. The lowest BCUT2D eigenvalue weighted by Crippen LogP contribution is -1.93. The van der Waals surface area contributed by atoms with Crippen molar-refractivity contribution in [3.8, 4) is 11.5 Å². The normalized spacial score (nSPS) is 11.3. The van der Waals surface area contributed by atoms with Gasteiger partial charge in [-0.3, -0.25) is 0 Å². The highest BCUT2D eigenvalue weighted by Crippen LogP contribution is 2.33. The van der Waals surface area contributed by atoms with Gasteiger partial charge in [0.05, 0.1) is 9.37 Å². The van der Waals surface area contributed by atoms with E-state index in [0.717, 1.165) is 0 Å². The van der Waals surface area contributed by atoms with Crippen LogP contribution >= 0.6 is 26.6 Å². The average Bonchev–Trinajstić information content (AvgIpc) is 2.33. The molecule has 2 aromatic carbocycles. The van der Waals surface area contributed by atoms with Gasteiger partial charge in [0, 0.05) is 10.7 Å². The van der Waals surface area contributed by atoms with Gasteiger partial charge < -0.3 is 4.74 Å². The summed E-state index contributed by atoms with van der Waals surface area (Å²) in [4.78, 5) is -0.0677. The molecule has 0 aliphatic carbocycles. The predicted octanol–water partition coefficient (Wildman–Crippen LogP) is 4.31. The SMILES string of the molecule is O=S(=O)(Cl)c1ccc(Oc2ccccc2F)c(Br)c1. The first-order valence-corrected chi connectivity index (χ1v) is 8.15. The van der Waals surface area contributed by atoms with E-state index in [1.807, 2.05) is 0 Å². The fourth-order valence-electron chi connectivity index (χ4n) is 1.36. The first-order valence-electron chi connectivity index (χ1n) is 5.04. The minimum Gasteiger partial charge on any atom is -0.453 e. The van der Waals surface area contributed by atoms with Crippen molar-refractivity contribution in [1.82, 2.24) is 0 Å². The van der Waals surface area contributed by atoms with E-state index in [-0.39, 0.29) is 16.4 Å². The van der Waals surface area contributed by atoms with Crippen molar-refractivity contribution in [2.45, 2.75) is 4.90 Å². The van der Waals surface area contributed by atoms with Crippen LogP contribution in [0.1, 0.15) is 0 Å². The van der Waals surface area contributed by atoms with Crippen LogP contribution in [-0.4, -0.2) is 8.42 Å². The molecule has 0 aliphatic rings. The van der Waals surface area contributed by atoms with E-state index in [9.17, 15) is 12.8 Å². The number of ether oxygens (including phenoxy) is 1. The van der Waals surface area contributed by atoms with Crippen molar-refractivity contribution in [3.05, 3.63) is 52.8 Å². The molecule has 0 atom stereocenters. The molecule has 0 amide bonds. The van der Waals surface area contributed by atoms with Gasteiger partial charge in [-0.15, -0.1) is 0 Å². The Bertz CT molecular complexity index is 719. The zero-order valence-electron chi connectivity index (χ0n) is 9.31. The number of para-hydroxylation sites is 1. The van der Waals surface area contributed by atoms with Gasteiger partial charge in [0.15, 0.2) is 11.6 Å². The molecule has 0 heterocycles. The summed E-state index contributed by atoms with van der Waals surface area (Å²) in [5.74, 6) is -0.178. The highest BCUT2D eigenvalue weighted by molar-refractivity contribution is 9.10. The van der Waals surface area contributed by atoms with Crippen molar-refractivity contribution < 1.29 is 17.5 Å². The Labute approximate surface area is 122 Å². The van der Waals surface area contributed by atoms with E-state index in [0.29, 0.717) is 4.47 Å². The van der Waals surface area contributed by atoms with Gasteiger partial charge in [0.25, 0.3) is 9.05 Å². The van der Waals surface area contributed by atoms with Crippen LogP contribution < -0.4 is 4.74 Å². The third-order valence-corrected chi connectivity index (χ3v) is 4.21. The van der Waals surface area contributed by atoms with Crippen molar-refractivity contribution in [2.75, 3.05) is 0 Å². The standard InChI is InChI=1S/C12H7BrClFO3S/c13-9-7-8(19(14,16)17)5-6-11(9)18-12-4-2-1-3-10(12)15/h1-7H. The van der Waals surface area contributed by atoms with E-state index in [4.69, 9.17) is 15.4 Å². The van der Waals surface area contributed by atoms with Gasteiger partial charge in [-0.1, -0.05) is 12.1 Å². The molecule has 100 valence electrons.